The number of aromatic nitrogens is 2. The molecule has 0 aliphatic rings. The quantitative estimate of drug-likeness (QED) is 0.181. The van der Waals surface area contributed by atoms with Gasteiger partial charge in [0.1, 0.15) is 0 Å². The smallest absolute Gasteiger partial charge is 0.264 e. The maximum Gasteiger partial charge on any atom is 0.264 e. The van der Waals surface area contributed by atoms with Crippen molar-refractivity contribution in [1.29, 1.82) is 5.41 Å². The number of amides is 1. The van der Waals surface area contributed by atoms with Crippen LogP contribution in [0.1, 0.15) is 43.4 Å². The lowest BCUT2D eigenvalue weighted by atomic mass is 10.1. The highest BCUT2D eigenvalue weighted by atomic mass is 32.2. The van der Waals surface area contributed by atoms with Gasteiger partial charge >= 0.3 is 0 Å². The van der Waals surface area contributed by atoms with Crippen LogP contribution in [-0.4, -0.2) is 36.0 Å². The van der Waals surface area contributed by atoms with E-state index in [1.807, 2.05) is 44.2 Å². The minimum atomic E-state index is -4.07. The summed E-state index contributed by atoms with van der Waals surface area (Å²) >= 11 is 0. The average Bonchev–Trinajstić information content (AvgIpc) is 3.20. The van der Waals surface area contributed by atoms with E-state index in [9.17, 15) is 13.2 Å². The predicted octanol–water partition coefficient (Wildman–Crippen LogP) is 3.17. The van der Waals surface area contributed by atoms with Gasteiger partial charge < -0.3 is 11.5 Å². The van der Waals surface area contributed by atoms with E-state index >= 15 is 0 Å². The van der Waals surface area contributed by atoms with Crippen LogP contribution in [0.15, 0.2) is 59.5 Å². The summed E-state index contributed by atoms with van der Waals surface area (Å²) in [7, 11) is -4.07. The number of unbranched alkanes of at least 4 members (excludes halogenated alkanes) is 2. The molecular weight excluding hydrogens is 464 g/mol. The normalized spacial score (nSPS) is 12.3. The molecule has 1 atom stereocenters. The Kier molecular flexibility index (Phi) is 8.42. The van der Waals surface area contributed by atoms with Crippen LogP contribution in [0.4, 0.5) is 0 Å². The van der Waals surface area contributed by atoms with E-state index < -0.39 is 22.0 Å². The Morgan fingerprint density at radius 2 is 1.71 bits per heavy atom. The summed E-state index contributed by atoms with van der Waals surface area (Å²) in [6.45, 7) is 3.92. The van der Waals surface area contributed by atoms with Crippen LogP contribution in [0.25, 0.3) is 16.9 Å². The maximum atomic E-state index is 12.7. The number of amidine groups is 1. The molecule has 3 rings (SSSR count). The molecule has 10 heteroatoms. The summed E-state index contributed by atoms with van der Waals surface area (Å²) in [5.41, 5.74) is 15.8. The lowest BCUT2D eigenvalue weighted by Crippen LogP contribution is -2.43. The number of carbonyl (C=O) groups is 1. The Bertz CT molecular complexity index is 1280. The average molecular weight is 497 g/mol. The van der Waals surface area contributed by atoms with Gasteiger partial charge in [0.15, 0.2) is 0 Å². The highest BCUT2D eigenvalue weighted by molar-refractivity contribution is 7.90. The van der Waals surface area contributed by atoms with Crippen molar-refractivity contribution in [3.8, 4) is 16.9 Å². The molecule has 0 unspecified atom stereocenters. The number of rotatable bonds is 11. The molecule has 186 valence electrons. The third-order valence-electron chi connectivity index (χ3n) is 5.60. The van der Waals surface area contributed by atoms with Crippen LogP contribution in [-0.2, 0) is 14.8 Å². The van der Waals surface area contributed by atoms with Gasteiger partial charge in [-0.15, -0.1) is 0 Å². The molecule has 2 aromatic carbocycles. The van der Waals surface area contributed by atoms with Crippen molar-refractivity contribution in [3.63, 3.8) is 0 Å². The van der Waals surface area contributed by atoms with Crippen LogP contribution in [0.5, 0.6) is 0 Å². The molecular formula is C25H32N6O3S. The molecule has 1 aromatic heterocycles. The van der Waals surface area contributed by atoms with E-state index in [1.54, 1.807) is 16.8 Å². The Hall–Kier alpha value is -3.50. The van der Waals surface area contributed by atoms with E-state index in [1.165, 1.54) is 12.1 Å². The molecule has 6 N–H and O–H groups in total. The Morgan fingerprint density at radius 3 is 2.34 bits per heavy atom. The lowest BCUT2D eigenvalue weighted by Gasteiger charge is -2.13. The van der Waals surface area contributed by atoms with Gasteiger partial charge in [0.2, 0.25) is 0 Å². The van der Waals surface area contributed by atoms with Crippen LogP contribution < -0.4 is 16.2 Å². The molecule has 0 aliphatic heterocycles. The largest absolute Gasteiger partial charge is 0.388 e. The predicted molar refractivity (Wildman–Crippen MR) is 137 cm³/mol. The third kappa shape index (κ3) is 7.00. The zero-order valence-electron chi connectivity index (χ0n) is 20.0. The zero-order valence-corrected chi connectivity index (χ0v) is 20.8. The molecule has 0 saturated heterocycles. The first-order valence-electron chi connectivity index (χ1n) is 11.5. The fourth-order valence-electron chi connectivity index (χ4n) is 3.65. The first-order chi connectivity index (χ1) is 16.6. The summed E-state index contributed by atoms with van der Waals surface area (Å²) < 4.78 is 29.3. The van der Waals surface area contributed by atoms with Crippen molar-refractivity contribution in [1.82, 2.24) is 14.5 Å². The van der Waals surface area contributed by atoms with Gasteiger partial charge in [0.25, 0.3) is 15.9 Å². The fraction of sp³-hybridized carbons (Fsp3) is 0.320. The van der Waals surface area contributed by atoms with E-state index in [2.05, 4.69) is 9.82 Å². The molecule has 1 amide bonds. The Labute approximate surface area is 206 Å². The van der Waals surface area contributed by atoms with Gasteiger partial charge in [-0.1, -0.05) is 42.7 Å². The number of carbonyl (C=O) groups excluding carboxylic acids is 1. The molecule has 3 aromatic rings. The summed E-state index contributed by atoms with van der Waals surface area (Å²) in [6.07, 6.45) is 2.97. The highest BCUT2D eigenvalue weighted by Crippen LogP contribution is 2.25. The minimum absolute atomic E-state index is 0.0379. The Morgan fingerprint density at radius 1 is 1.06 bits per heavy atom. The van der Waals surface area contributed by atoms with E-state index in [4.69, 9.17) is 16.9 Å². The van der Waals surface area contributed by atoms with Crippen LogP contribution in [0, 0.1) is 19.3 Å². The topological polar surface area (TPSA) is 157 Å². The number of hydrogen-bond donors (Lipinski definition) is 4. The zero-order chi connectivity index (χ0) is 25.6. The molecule has 0 saturated carbocycles. The van der Waals surface area contributed by atoms with E-state index in [0.717, 1.165) is 35.4 Å². The monoisotopic (exact) mass is 496 g/mol. The molecule has 0 fully saturated rings. The number of nitrogens with one attached hydrogen (secondary N) is 2. The van der Waals surface area contributed by atoms with Gasteiger partial charge in [-0.3, -0.25) is 10.2 Å². The molecule has 35 heavy (non-hydrogen) atoms. The first kappa shape index (κ1) is 26.1. The van der Waals surface area contributed by atoms with Crippen molar-refractivity contribution >= 4 is 21.8 Å². The molecule has 9 nitrogen and oxygen atoms in total. The molecule has 0 spiro atoms. The maximum absolute atomic E-state index is 12.7. The standard InChI is InChI=1S/C25H32N6O3S/c1-17-8-10-19(11-9-17)23-16-18(2)29-31(23)20-12-14-21(15-13-20)35(33,34)30-25(32)22(26)6-4-3-5-7-24(27)28/h8-16,22H,3-7,26H2,1-2H3,(H3,27,28)(H,30,32)/t22-/m0/s1. The summed E-state index contributed by atoms with van der Waals surface area (Å²) in [5, 5.41) is 11.8. The molecule has 0 aliphatic carbocycles. The number of nitrogens with two attached hydrogens (primary N) is 2. The minimum Gasteiger partial charge on any atom is -0.388 e. The van der Waals surface area contributed by atoms with Gasteiger partial charge in [-0.05, 0) is 57.0 Å². The van der Waals surface area contributed by atoms with Gasteiger partial charge in [-0.25, -0.2) is 17.8 Å². The number of benzene rings is 2. The van der Waals surface area contributed by atoms with Gasteiger partial charge in [-0.2, -0.15) is 5.10 Å². The van der Waals surface area contributed by atoms with Gasteiger partial charge in [0.05, 0.1) is 33.8 Å². The second kappa shape index (κ2) is 11.3. The number of sulfonamides is 1. The second-order valence-electron chi connectivity index (χ2n) is 8.64. The first-order valence-corrected chi connectivity index (χ1v) is 12.9. The van der Waals surface area contributed by atoms with Crippen molar-refractivity contribution in [3.05, 3.63) is 65.9 Å². The number of hydrogen-bond acceptors (Lipinski definition) is 6. The van der Waals surface area contributed by atoms with E-state index in [0.29, 0.717) is 24.9 Å². The van der Waals surface area contributed by atoms with E-state index in [-0.39, 0.29) is 10.7 Å². The number of aryl methyl sites for hydroxylation is 2. The number of nitrogens with zero attached hydrogens (tertiary/aromatic N) is 2. The van der Waals surface area contributed by atoms with Crippen LogP contribution in [0.3, 0.4) is 0 Å². The lowest BCUT2D eigenvalue weighted by molar-refractivity contribution is -0.120. The third-order valence-corrected chi connectivity index (χ3v) is 6.97. The van der Waals surface area contributed by atoms with Crippen molar-refractivity contribution < 1.29 is 13.2 Å². The highest BCUT2D eigenvalue weighted by Gasteiger charge is 2.22. The molecule has 0 radical (unpaired) electrons. The Balaban J connectivity index is 1.68. The van der Waals surface area contributed by atoms with Gasteiger partial charge in [0, 0.05) is 12.0 Å². The SMILES string of the molecule is Cc1ccc(-c2cc(C)nn2-c2ccc(S(=O)(=O)NC(=O)[C@@H](N)CCCCCC(=N)N)cc2)cc1. The van der Waals surface area contributed by atoms with Crippen molar-refractivity contribution in [2.45, 2.75) is 56.9 Å². The molecule has 1 heterocycles. The summed E-state index contributed by atoms with van der Waals surface area (Å²) in [6, 6.07) is 15.3. The fourth-order valence-corrected chi connectivity index (χ4v) is 4.68. The van der Waals surface area contributed by atoms with Crippen LogP contribution in [0.2, 0.25) is 0 Å². The molecule has 0 bridgehead atoms. The summed E-state index contributed by atoms with van der Waals surface area (Å²) in [5.74, 6) is -0.622. The van der Waals surface area contributed by atoms with Crippen LogP contribution >= 0.6 is 0 Å². The van der Waals surface area contributed by atoms with Crippen molar-refractivity contribution in [2.75, 3.05) is 0 Å². The second-order valence-corrected chi connectivity index (χ2v) is 10.3. The summed E-state index contributed by atoms with van der Waals surface area (Å²) in [4.78, 5) is 12.3. The van der Waals surface area contributed by atoms with Crippen molar-refractivity contribution in [2.24, 2.45) is 11.5 Å².